The SMILES string of the molecule is CC(C)CCCC(C)CCc1cc2ccc(CCC(C)CCCC(C)C)c3ccc4cccc1c4c23. The molecule has 0 spiro atoms. The first-order valence-electron chi connectivity index (χ1n) is 15.0. The fourth-order valence-corrected chi connectivity index (χ4v) is 6.23. The van der Waals surface area contributed by atoms with Gasteiger partial charge in [0.2, 0.25) is 0 Å². The van der Waals surface area contributed by atoms with Crippen molar-refractivity contribution in [2.24, 2.45) is 23.7 Å². The van der Waals surface area contributed by atoms with Crippen molar-refractivity contribution < 1.29 is 0 Å². The van der Waals surface area contributed by atoms with Gasteiger partial charge in [0, 0.05) is 0 Å². The molecule has 0 aliphatic carbocycles. The van der Waals surface area contributed by atoms with Crippen molar-refractivity contribution in [1.29, 1.82) is 0 Å². The summed E-state index contributed by atoms with van der Waals surface area (Å²) in [4.78, 5) is 0. The van der Waals surface area contributed by atoms with Crippen LogP contribution in [0.5, 0.6) is 0 Å². The van der Waals surface area contributed by atoms with Gasteiger partial charge in [-0.15, -0.1) is 0 Å². The molecule has 0 aliphatic rings. The van der Waals surface area contributed by atoms with Crippen LogP contribution in [0.4, 0.5) is 0 Å². The van der Waals surface area contributed by atoms with Crippen molar-refractivity contribution in [3.05, 3.63) is 59.7 Å². The standard InChI is InChI=1S/C36H50/c1-25(2)10-7-12-27(5)16-18-29-20-21-32-24-31(19-17-28(6)13-8-11-26(3)4)33-15-9-14-30-22-23-34(29)36(32)35(30)33/h9,14-15,20-28H,7-8,10-13,16-19H2,1-6H3. The zero-order chi connectivity index (χ0) is 25.7. The zero-order valence-corrected chi connectivity index (χ0v) is 24.0. The van der Waals surface area contributed by atoms with E-state index in [1.54, 1.807) is 5.56 Å². The van der Waals surface area contributed by atoms with E-state index in [1.165, 1.54) is 102 Å². The highest BCUT2D eigenvalue weighted by Gasteiger charge is 2.15. The highest BCUT2D eigenvalue weighted by Crippen LogP contribution is 2.39. The van der Waals surface area contributed by atoms with Crippen LogP contribution in [0.25, 0.3) is 32.3 Å². The molecule has 0 fully saturated rings. The highest BCUT2D eigenvalue weighted by molar-refractivity contribution is 6.24. The molecule has 0 aromatic heterocycles. The van der Waals surface area contributed by atoms with Gasteiger partial charge in [-0.25, -0.2) is 0 Å². The minimum absolute atomic E-state index is 0.797. The molecule has 36 heavy (non-hydrogen) atoms. The van der Waals surface area contributed by atoms with Gasteiger partial charge in [-0.1, -0.05) is 129 Å². The summed E-state index contributed by atoms with van der Waals surface area (Å²) in [5.74, 6) is 3.25. The van der Waals surface area contributed by atoms with Crippen molar-refractivity contribution in [3.63, 3.8) is 0 Å². The lowest BCUT2D eigenvalue weighted by molar-refractivity contribution is 0.437. The molecule has 0 heterocycles. The fourth-order valence-electron chi connectivity index (χ4n) is 6.23. The molecule has 0 bridgehead atoms. The molecule has 194 valence electrons. The van der Waals surface area contributed by atoms with Crippen LogP contribution in [0.3, 0.4) is 0 Å². The molecule has 4 rings (SSSR count). The molecule has 0 radical (unpaired) electrons. The molecule has 4 aromatic rings. The Morgan fingerprint density at radius 1 is 0.500 bits per heavy atom. The number of rotatable bonds is 14. The lowest BCUT2D eigenvalue weighted by Gasteiger charge is -2.19. The molecular weight excluding hydrogens is 432 g/mol. The summed E-state index contributed by atoms with van der Waals surface area (Å²) in [5.41, 5.74) is 3.08. The fraction of sp³-hybridized carbons (Fsp3) is 0.556. The van der Waals surface area contributed by atoms with Crippen molar-refractivity contribution in [2.45, 2.75) is 106 Å². The maximum absolute atomic E-state index is 2.52. The van der Waals surface area contributed by atoms with Gasteiger partial charge in [-0.3, -0.25) is 0 Å². The second-order valence-electron chi connectivity index (χ2n) is 12.8. The maximum atomic E-state index is 2.52. The Hall–Kier alpha value is -2.08. The number of hydrogen-bond acceptors (Lipinski definition) is 0. The summed E-state index contributed by atoms with van der Waals surface area (Å²) in [7, 11) is 0. The summed E-state index contributed by atoms with van der Waals surface area (Å²) in [6, 6.07) is 19.1. The number of benzene rings is 4. The van der Waals surface area contributed by atoms with E-state index in [0.717, 1.165) is 23.7 Å². The van der Waals surface area contributed by atoms with Crippen LogP contribution in [0.15, 0.2) is 48.5 Å². The Morgan fingerprint density at radius 2 is 1.06 bits per heavy atom. The predicted molar refractivity (Wildman–Crippen MR) is 162 cm³/mol. The molecule has 0 saturated carbocycles. The van der Waals surface area contributed by atoms with Crippen LogP contribution >= 0.6 is 0 Å². The largest absolute Gasteiger partial charge is 0.0628 e. The minimum atomic E-state index is 0.797. The lowest BCUT2D eigenvalue weighted by Crippen LogP contribution is -2.01. The molecule has 0 aliphatic heterocycles. The summed E-state index contributed by atoms with van der Waals surface area (Å²) in [5, 5.41) is 8.81. The van der Waals surface area contributed by atoms with Gasteiger partial charge in [0.05, 0.1) is 0 Å². The van der Waals surface area contributed by atoms with E-state index in [2.05, 4.69) is 90.1 Å². The Balaban J connectivity index is 1.55. The van der Waals surface area contributed by atoms with E-state index in [9.17, 15) is 0 Å². The van der Waals surface area contributed by atoms with Crippen molar-refractivity contribution in [1.82, 2.24) is 0 Å². The number of hydrogen-bond donors (Lipinski definition) is 0. The first kappa shape index (κ1) is 27.0. The Morgan fingerprint density at radius 3 is 1.69 bits per heavy atom. The maximum Gasteiger partial charge on any atom is -0.00238 e. The minimum Gasteiger partial charge on any atom is -0.0628 e. The quantitative estimate of drug-likeness (QED) is 0.157. The van der Waals surface area contributed by atoms with E-state index >= 15 is 0 Å². The van der Waals surface area contributed by atoms with E-state index in [4.69, 9.17) is 0 Å². The summed E-state index contributed by atoms with van der Waals surface area (Å²) < 4.78 is 0. The van der Waals surface area contributed by atoms with Crippen molar-refractivity contribution in [3.8, 4) is 0 Å². The van der Waals surface area contributed by atoms with Crippen molar-refractivity contribution in [2.75, 3.05) is 0 Å². The van der Waals surface area contributed by atoms with Crippen LogP contribution in [-0.4, -0.2) is 0 Å². The average Bonchev–Trinajstić information content (AvgIpc) is 2.84. The van der Waals surface area contributed by atoms with Gasteiger partial charge in [-0.2, -0.15) is 0 Å². The predicted octanol–water partition coefficient (Wildman–Crippen LogP) is 11.4. The molecule has 0 amide bonds. The highest BCUT2D eigenvalue weighted by atomic mass is 14.2. The third-order valence-corrected chi connectivity index (χ3v) is 8.59. The van der Waals surface area contributed by atoms with Gasteiger partial charge in [0.25, 0.3) is 0 Å². The zero-order valence-electron chi connectivity index (χ0n) is 24.0. The summed E-state index contributed by atoms with van der Waals surface area (Å²) in [6.45, 7) is 14.3. The molecule has 0 N–H and O–H groups in total. The third-order valence-electron chi connectivity index (χ3n) is 8.59. The first-order chi connectivity index (χ1) is 17.3. The molecular formula is C36H50. The molecule has 4 aromatic carbocycles. The van der Waals surface area contributed by atoms with Gasteiger partial charge >= 0.3 is 0 Å². The average molecular weight is 483 g/mol. The van der Waals surface area contributed by atoms with Crippen LogP contribution in [0.2, 0.25) is 0 Å². The second kappa shape index (κ2) is 12.4. The monoisotopic (exact) mass is 482 g/mol. The molecule has 0 heteroatoms. The van der Waals surface area contributed by atoms with Crippen LogP contribution in [0, 0.1) is 23.7 Å². The first-order valence-corrected chi connectivity index (χ1v) is 15.0. The second-order valence-corrected chi connectivity index (χ2v) is 12.8. The number of aryl methyl sites for hydroxylation is 2. The van der Waals surface area contributed by atoms with Crippen LogP contribution in [-0.2, 0) is 12.8 Å². The van der Waals surface area contributed by atoms with Gasteiger partial charge in [-0.05, 0) is 92.8 Å². The molecule has 0 nitrogen and oxygen atoms in total. The van der Waals surface area contributed by atoms with E-state index in [0.29, 0.717) is 0 Å². The van der Waals surface area contributed by atoms with E-state index in [1.807, 2.05) is 0 Å². The van der Waals surface area contributed by atoms with Gasteiger partial charge in [0.15, 0.2) is 0 Å². The van der Waals surface area contributed by atoms with Gasteiger partial charge < -0.3 is 0 Å². The topological polar surface area (TPSA) is 0 Å². The molecule has 0 saturated heterocycles. The normalized spacial score (nSPS) is 14.1. The van der Waals surface area contributed by atoms with E-state index < -0.39 is 0 Å². The van der Waals surface area contributed by atoms with Crippen LogP contribution in [0.1, 0.15) is 104 Å². The van der Waals surface area contributed by atoms with Crippen LogP contribution < -0.4 is 0 Å². The Labute approximate surface area is 221 Å². The van der Waals surface area contributed by atoms with Crippen molar-refractivity contribution >= 4 is 32.3 Å². The van der Waals surface area contributed by atoms with Gasteiger partial charge in [0.1, 0.15) is 0 Å². The lowest BCUT2D eigenvalue weighted by atomic mass is 9.86. The molecule has 2 atom stereocenters. The third kappa shape index (κ3) is 6.62. The Bertz CT molecular complexity index is 1220. The van der Waals surface area contributed by atoms with E-state index in [-0.39, 0.29) is 0 Å². The Kier molecular flexibility index (Phi) is 9.32. The summed E-state index contributed by atoms with van der Waals surface area (Å²) >= 11 is 0. The smallest absolute Gasteiger partial charge is 0.00238 e. The summed E-state index contributed by atoms with van der Waals surface area (Å²) in [6.07, 6.45) is 13.2. The molecule has 2 unspecified atom stereocenters.